The lowest BCUT2D eigenvalue weighted by Gasteiger charge is -2.02. The smallest absolute Gasteiger partial charge is 0.237 e. The van der Waals surface area contributed by atoms with Crippen LogP contribution in [0.15, 0.2) is 49.1 Å². The van der Waals surface area contributed by atoms with Crippen LogP contribution in [-0.4, -0.2) is 4.57 Å². The van der Waals surface area contributed by atoms with Gasteiger partial charge in [0, 0.05) is 0 Å². The highest BCUT2D eigenvalue weighted by Crippen LogP contribution is 2.12. The van der Waals surface area contributed by atoms with Gasteiger partial charge < -0.3 is 0 Å². The summed E-state index contributed by atoms with van der Waals surface area (Å²) in [6.45, 7) is 4.41. The maximum absolute atomic E-state index is 2.33. The fraction of sp³-hybridized carbons (Fsp3) is 0.640. The largest absolute Gasteiger partial charge is 0.244 e. The van der Waals surface area contributed by atoms with E-state index < -0.39 is 0 Å². The standard InChI is InChI=1S/C25H41N2/c1-2-3-4-5-6-7-8-9-10-11-12-13-17-20-26-21-22-27(24-26)23-25-18-15-14-16-19-25/h14-16,18-19,21-22,24H,2-13,17,20,23H2,1H3/q+1. The van der Waals surface area contributed by atoms with Crippen molar-refractivity contribution in [2.75, 3.05) is 0 Å². The number of aromatic nitrogens is 2. The Morgan fingerprint density at radius 1 is 0.704 bits per heavy atom. The molecule has 2 aromatic rings. The van der Waals surface area contributed by atoms with Gasteiger partial charge in [0.1, 0.15) is 18.9 Å². The van der Waals surface area contributed by atoms with Gasteiger partial charge in [-0.05, 0) is 18.4 Å². The van der Waals surface area contributed by atoms with E-state index in [1.165, 1.54) is 89.0 Å². The van der Waals surface area contributed by atoms with Crippen molar-refractivity contribution < 1.29 is 4.57 Å². The molecule has 0 saturated heterocycles. The van der Waals surface area contributed by atoms with Crippen LogP contribution in [0.1, 0.15) is 96.0 Å². The lowest BCUT2D eigenvalue weighted by Crippen LogP contribution is -2.31. The lowest BCUT2D eigenvalue weighted by atomic mass is 10.0. The second kappa shape index (κ2) is 14.5. The molecule has 27 heavy (non-hydrogen) atoms. The normalized spacial score (nSPS) is 11.1. The van der Waals surface area contributed by atoms with E-state index in [1.807, 2.05) is 0 Å². The van der Waals surface area contributed by atoms with Crippen molar-refractivity contribution in [1.29, 1.82) is 0 Å². The molecule has 0 aliphatic rings. The molecule has 0 aliphatic carbocycles. The number of aryl methyl sites for hydroxylation is 1. The van der Waals surface area contributed by atoms with E-state index in [-0.39, 0.29) is 0 Å². The van der Waals surface area contributed by atoms with Crippen molar-refractivity contribution in [3.05, 3.63) is 54.6 Å². The van der Waals surface area contributed by atoms with E-state index in [1.54, 1.807) is 0 Å². The first-order chi connectivity index (χ1) is 13.4. The second-order valence-electron chi connectivity index (χ2n) is 8.05. The van der Waals surface area contributed by atoms with Gasteiger partial charge in [-0.25, -0.2) is 9.13 Å². The van der Waals surface area contributed by atoms with E-state index in [0.717, 1.165) is 13.1 Å². The van der Waals surface area contributed by atoms with E-state index in [2.05, 4.69) is 65.1 Å². The molecule has 2 nitrogen and oxygen atoms in total. The first-order valence-electron chi connectivity index (χ1n) is 11.5. The Hall–Kier alpha value is -1.57. The van der Waals surface area contributed by atoms with Crippen LogP contribution in [0.25, 0.3) is 0 Å². The van der Waals surface area contributed by atoms with Crippen LogP contribution in [0, 0.1) is 0 Å². The number of imidazole rings is 1. The first-order valence-corrected chi connectivity index (χ1v) is 11.5. The fourth-order valence-electron chi connectivity index (χ4n) is 3.77. The van der Waals surface area contributed by atoms with Crippen LogP contribution in [0.5, 0.6) is 0 Å². The zero-order valence-electron chi connectivity index (χ0n) is 17.6. The summed E-state index contributed by atoms with van der Waals surface area (Å²) in [7, 11) is 0. The second-order valence-corrected chi connectivity index (χ2v) is 8.05. The van der Waals surface area contributed by atoms with Crippen LogP contribution in [0.4, 0.5) is 0 Å². The third kappa shape index (κ3) is 10.4. The summed E-state index contributed by atoms with van der Waals surface area (Å²) in [5, 5.41) is 0. The molecular formula is C25H41N2+. The Balaban J connectivity index is 1.41. The minimum atomic E-state index is 0.965. The summed E-state index contributed by atoms with van der Waals surface area (Å²) in [5.41, 5.74) is 1.36. The van der Waals surface area contributed by atoms with Crippen molar-refractivity contribution in [1.82, 2.24) is 4.57 Å². The van der Waals surface area contributed by atoms with Crippen molar-refractivity contribution >= 4 is 0 Å². The van der Waals surface area contributed by atoms with E-state index in [9.17, 15) is 0 Å². The molecule has 0 radical (unpaired) electrons. The van der Waals surface area contributed by atoms with Gasteiger partial charge in [0.05, 0.1) is 6.54 Å². The Morgan fingerprint density at radius 3 is 1.85 bits per heavy atom. The van der Waals surface area contributed by atoms with Gasteiger partial charge in [-0.2, -0.15) is 0 Å². The van der Waals surface area contributed by atoms with Crippen molar-refractivity contribution in [2.24, 2.45) is 0 Å². The molecule has 2 heteroatoms. The number of unbranched alkanes of at least 4 members (excludes halogenated alkanes) is 12. The van der Waals surface area contributed by atoms with Crippen molar-refractivity contribution in [2.45, 2.75) is 103 Å². The molecular weight excluding hydrogens is 328 g/mol. The number of nitrogens with zero attached hydrogens (tertiary/aromatic N) is 2. The number of benzene rings is 1. The fourth-order valence-corrected chi connectivity index (χ4v) is 3.77. The van der Waals surface area contributed by atoms with Gasteiger partial charge in [0.15, 0.2) is 0 Å². The van der Waals surface area contributed by atoms with Gasteiger partial charge in [-0.1, -0.05) is 108 Å². The Labute approximate surface area is 167 Å². The molecule has 1 heterocycles. The minimum Gasteiger partial charge on any atom is -0.237 e. The predicted molar refractivity (Wildman–Crippen MR) is 116 cm³/mol. The zero-order valence-corrected chi connectivity index (χ0v) is 17.6. The van der Waals surface area contributed by atoms with E-state index in [4.69, 9.17) is 0 Å². The molecule has 1 aromatic heterocycles. The first kappa shape index (κ1) is 21.7. The molecule has 0 N–H and O–H groups in total. The topological polar surface area (TPSA) is 8.81 Å². The molecule has 0 aliphatic heterocycles. The summed E-state index contributed by atoms with van der Waals surface area (Å²) < 4.78 is 4.61. The number of hydrogen-bond acceptors (Lipinski definition) is 0. The summed E-state index contributed by atoms with van der Waals surface area (Å²) in [5.74, 6) is 0. The van der Waals surface area contributed by atoms with E-state index in [0.29, 0.717) is 0 Å². The van der Waals surface area contributed by atoms with Gasteiger partial charge in [0.2, 0.25) is 6.33 Å². The van der Waals surface area contributed by atoms with Crippen molar-refractivity contribution in [3.63, 3.8) is 0 Å². The van der Waals surface area contributed by atoms with Gasteiger partial charge in [-0.3, -0.25) is 0 Å². The minimum absolute atomic E-state index is 0.965. The lowest BCUT2D eigenvalue weighted by molar-refractivity contribution is -0.687. The molecule has 0 bridgehead atoms. The van der Waals surface area contributed by atoms with E-state index >= 15 is 0 Å². The zero-order chi connectivity index (χ0) is 19.0. The maximum Gasteiger partial charge on any atom is 0.244 e. The Morgan fingerprint density at radius 2 is 1.26 bits per heavy atom. The average molecular weight is 370 g/mol. The van der Waals surface area contributed by atoms with Crippen LogP contribution < -0.4 is 4.57 Å². The molecule has 0 saturated carbocycles. The quantitative estimate of drug-likeness (QED) is 0.224. The van der Waals surface area contributed by atoms with Crippen LogP contribution in [-0.2, 0) is 13.1 Å². The number of rotatable bonds is 16. The molecule has 2 rings (SSSR count). The van der Waals surface area contributed by atoms with Crippen LogP contribution in [0.3, 0.4) is 0 Å². The average Bonchev–Trinajstić information content (AvgIpc) is 3.13. The molecule has 0 amide bonds. The Kier molecular flexibility index (Phi) is 11.7. The summed E-state index contributed by atoms with van der Waals surface area (Å²) >= 11 is 0. The highest BCUT2D eigenvalue weighted by molar-refractivity contribution is 5.13. The Bertz CT molecular complexity index is 573. The molecule has 0 fully saturated rings. The predicted octanol–water partition coefficient (Wildman–Crippen LogP) is 6.92. The number of hydrogen-bond donors (Lipinski definition) is 0. The molecule has 0 atom stereocenters. The molecule has 0 spiro atoms. The third-order valence-corrected chi connectivity index (χ3v) is 5.47. The van der Waals surface area contributed by atoms with Gasteiger partial charge >= 0.3 is 0 Å². The monoisotopic (exact) mass is 369 g/mol. The highest BCUT2D eigenvalue weighted by atomic mass is 15.1. The highest BCUT2D eigenvalue weighted by Gasteiger charge is 2.04. The third-order valence-electron chi connectivity index (χ3n) is 5.47. The summed E-state index contributed by atoms with van der Waals surface area (Å²) in [6, 6.07) is 10.7. The van der Waals surface area contributed by atoms with Crippen molar-refractivity contribution in [3.8, 4) is 0 Å². The van der Waals surface area contributed by atoms with Crippen LogP contribution in [0.2, 0.25) is 0 Å². The molecule has 150 valence electrons. The van der Waals surface area contributed by atoms with Gasteiger partial charge in [0.25, 0.3) is 0 Å². The van der Waals surface area contributed by atoms with Gasteiger partial charge in [-0.15, -0.1) is 0 Å². The maximum atomic E-state index is 2.33. The molecule has 1 aromatic carbocycles. The SMILES string of the molecule is CCCCCCCCCCCCCCCn1cc[n+](Cc2ccccc2)c1. The molecule has 0 unspecified atom stereocenters. The summed E-state index contributed by atoms with van der Waals surface area (Å²) in [4.78, 5) is 0. The van der Waals surface area contributed by atoms with Crippen LogP contribution >= 0.6 is 0 Å². The summed E-state index contributed by atoms with van der Waals surface area (Å²) in [6.07, 6.45) is 25.1.